The molecule has 0 aromatic carbocycles. The molecule has 8 nitrogen and oxygen atoms in total. The fourth-order valence-corrected chi connectivity index (χ4v) is 6.98. The Morgan fingerprint density at radius 3 is 1.43 bits per heavy atom. The number of likely N-dealkylation sites (N-methyl/N-ethyl adjacent to an activating group) is 1. The molecule has 0 fully saturated rings. The van der Waals surface area contributed by atoms with Gasteiger partial charge < -0.3 is 18.9 Å². The Hall–Kier alpha value is -1.80. The number of quaternary nitrogens is 1. The van der Waals surface area contributed by atoms with Crippen molar-refractivity contribution in [3.8, 4) is 0 Å². The van der Waals surface area contributed by atoms with E-state index in [1.54, 1.807) is 0 Å². The molecule has 0 saturated heterocycles. The Balaban J connectivity index is 4.27. The van der Waals surface area contributed by atoms with Crippen LogP contribution in [0.25, 0.3) is 0 Å². The second kappa shape index (κ2) is 41.9. The second-order valence-electron chi connectivity index (χ2n) is 16.8. The number of phosphoric ester groups is 1. The summed E-state index contributed by atoms with van der Waals surface area (Å²) in [5.74, 6) is -0.369. The van der Waals surface area contributed by atoms with Gasteiger partial charge in [-0.25, -0.2) is 4.57 Å². The second-order valence-corrected chi connectivity index (χ2v) is 18.2. The largest absolute Gasteiger partial charge is 0.472 e. The lowest BCUT2D eigenvalue weighted by Crippen LogP contribution is -2.37. The molecule has 0 heterocycles. The third-order valence-corrected chi connectivity index (χ3v) is 10.8. The summed E-state index contributed by atoms with van der Waals surface area (Å²) in [6, 6.07) is 0. The van der Waals surface area contributed by atoms with Gasteiger partial charge in [0.2, 0.25) is 0 Å². The molecule has 9 heteroatoms. The van der Waals surface area contributed by atoms with Gasteiger partial charge in [-0.15, -0.1) is 0 Å². The van der Waals surface area contributed by atoms with E-state index in [1.165, 1.54) is 109 Å². The van der Waals surface area contributed by atoms with Crippen molar-refractivity contribution in [1.29, 1.82) is 0 Å². The number of hydrogen-bond acceptors (Lipinski definition) is 6. The average Bonchev–Trinajstić information content (AvgIpc) is 3.18. The number of carbonyl (C=O) groups is 1. The van der Waals surface area contributed by atoms with Crippen LogP contribution in [0.3, 0.4) is 0 Å². The third-order valence-electron chi connectivity index (χ3n) is 9.84. The number of esters is 1. The highest BCUT2D eigenvalue weighted by molar-refractivity contribution is 7.47. The van der Waals surface area contributed by atoms with E-state index in [4.69, 9.17) is 18.5 Å². The van der Waals surface area contributed by atoms with Gasteiger partial charge in [0.15, 0.2) is 0 Å². The van der Waals surface area contributed by atoms with Gasteiger partial charge in [0, 0.05) is 13.0 Å². The summed E-state index contributed by atoms with van der Waals surface area (Å²) in [5, 5.41) is 0. The van der Waals surface area contributed by atoms with Gasteiger partial charge in [0.05, 0.1) is 34.4 Å². The number of carbonyl (C=O) groups excluding carboxylic acids is 1. The van der Waals surface area contributed by atoms with Gasteiger partial charge in [-0.2, -0.15) is 0 Å². The molecule has 0 aromatic rings. The van der Waals surface area contributed by atoms with Crippen molar-refractivity contribution in [2.75, 3.05) is 54.1 Å². The van der Waals surface area contributed by atoms with Crippen molar-refractivity contribution in [2.24, 2.45) is 0 Å². The first kappa shape index (κ1) is 56.2. The number of unbranched alkanes of at least 4 members (excludes halogenated alkanes) is 19. The van der Waals surface area contributed by atoms with Crippen molar-refractivity contribution in [3.63, 3.8) is 0 Å². The van der Waals surface area contributed by atoms with Crippen molar-refractivity contribution < 1.29 is 37.3 Å². The number of hydrogen-bond donors (Lipinski definition) is 1. The minimum Gasteiger partial charge on any atom is -0.457 e. The van der Waals surface area contributed by atoms with Crippen LogP contribution in [-0.2, 0) is 27.9 Å². The molecule has 0 amide bonds. The molecule has 338 valence electrons. The molecular formula is C49H91NO7P+. The van der Waals surface area contributed by atoms with Gasteiger partial charge in [0.25, 0.3) is 0 Å². The molecule has 2 atom stereocenters. The van der Waals surface area contributed by atoms with E-state index >= 15 is 0 Å². The predicted molar refractivity (Wildman–Crippen MR) is 247 cm³/mol. The van der Waals surface area contributed by atoms with E-state index in [1.807, 2.05) is 21.1 Å². The van der Waals surface area contributed by atoms with E-state index < -0.39 is 13.9 Å². The Morgan fingerprint density at radius 2 is 0.983 bits per heavy atom. The summed E-state index contributed by atoms with van der Waals surface area (Å²) in [5.41, 5.74) is 0. The van der Waals surface area contributed by atoms with Gasteiger partial charge >= 0.3 is 13.8 Å². The molecule has 0 spiro atoms. The van der Waals surface area contributed by atoms with Gasteiger partial charge in [0.1, 0.15) is 19.3 Å². The maximum absolute atomic E-state index is 12.7. The summed E-state index contributed by atoms with van der Waals surface area (Å²) in [6.07, 6.45) is 52.7. The van der Waals surface area contributed by atoms with Gasteiger partial charge in [-0.3, -0.25) is 13.8 Å². The first-order valence-corrected chi connectivity index (χ1v) is 25.0. The minimum atomic E-state index is -4.29. The van der Waals surface area contributed by atoms with Crippen LogP contribution in [0, 0.1) is 0 Å². The summed E-state index contributed by atoms with van der Waals surface area (Å²) >= 11 is 0. The SMILES string of the molecule is CC/C=C\C/C=C\C/C=C\C/C=C\C/C=C\CCCC(=O)OC(COCCCCCCCCCCCCCCCCCCCCC)COP(=O)(O)OCC[N+](C)(C)C. The molecular weight excluding hydrogens is 746 g/mol. The molecule has 0 saturated carbocycles. The standard InChI is InChI=1S/C49H90NO7P/c1-6-8-10-12-14-16-18-20-22-24-25-27-29-31-33-35-37-39-41-44-54-46-48(47-56-58(52,53)55-45-43-50(3,4)5)57-49(51)42-40-38-36-34-32-30-28-26-23-21-19-17-15-13-11-9-7-2/h9,11,15,17,21,23,28,30,34,36,48H,6-8,10,12-14,16,18-20,22,24-27,29,31-33,35,37-47H2,1-5H3/p+1/b11-9-,17-15-,23-21-,30-28-,36-34-. The minimum absolute atomic E-state index is 0.0768. The molecule has 0 bridgehead atoms. The molecule has 0 rings (SSSR count). The van der Waals surface area contributed by atoms with Crippen LogP contribution in [-0.4, -0.2) is 75.6 Å². The smallest absolute Gasteiger partial charge is 0.457 e. The maximum atomic E-state index is 12.7. The van der Waals surface area contributed by atoms with Crippen LogP contribution < -0.4 is 0 Å². The summed E-state index contributed by atoms with van der Waals surface area (Å²) in [7, 11) is 1.63. The fourth-order valence-electron chi connectivity index (χ4n) is 6.24. The van der Waals surface area contributed by atoms with Crippen LogP contribution in [0.15, 0.2) is 60.8 Å². The highest BCUT2D eigenvalue weighted by atomic mass is 31.2. The van der Waals surface area contributed by atoms with Crippen LogP contribution >= 0.6 is 7.82 Å². The highest BCUT2D eigenvalue weighted by Crippen LogP contribution is 2.43. The maximum Gasteiger partial charge on any atom is 0.472 e. The summed E-state index contributed by atoms with van der Waals surface area (Å²) in [6.45, 7) is 5.45. The van der Waals surface area contributed by atoms with Crippen LogP contribution in [0.2, 0.25) is 0 Å². The molecule has 1 N–H and O–H groups in total. The molecule has 2 unspecified atom stereocenters. The number of phosphoric acid groups is 1. The molecule has 0 aliphatic rings. The zero-order chi connectivity index (χ0) is 42.7. The lowest BCUT2D eigenvalue weighted by atomic mass is 10.0. The van der Waals surface area contributed by atoms with Crippen molar-refractivity contribution >= 4 is 13.8 Å². The Labute approximate surface area is 358 Å². The monoisotopic (exact) mass is 837 g/mol. The van der Waals surface area contributed by atoms with E-state index in [9.17, 15) is 14.3 Å². The molecule has 0 aliphatic carbocycles. The number of ether oxygens (including phenoxy) is 2. The van der Waals surface area contributed by atoms with E-state index in [0.717, 1.165) is 51.4 Å². The molecule has 0 aliphatic heterocycles. The van der Waals surface area contributed by atoms with Crippen molar-refractivity contribution in [2.45, 2.75) is 193 Å². The summed E-state index contributed by atoms with van der Waals surface area (Å²) < 4.78 is 35.0. The van der Waals surface area contributed by atoms with Crippen LogP contribution in [0.5, 0.6) is 0 Å². The van der Waals surface area contributed by atoms with Crippen molar-refractivity contribution in [1.82, 2.24) is 0 Å². The molecule has 0 radical (unpaired) electrons. The summed E-state index contributed by atoms with van der Waals surface area (Å²) in [4.78, 5) is 22.9. The lowest BCUT2D eigenvalue weighted by molar-refractivity contribution is -0.870. The normalized spacial score (nSPS) is 14.2. The quantitative estimate of drug-likeness (QED) is 0.0215. The number of allylic oxidation sites excluding steroid dienone is 10. The van der Waals surface area contributed by atoms with E-state index in [0.29, 0.717) is 24.1 Å². The first-order valence-electron chi connectivity index (χ1n) is 23.5. The number of nitrogens with zero attached hydrogens (tertiary/aromatic N) is 1. The van der Waals surface area contributed by atoms with E-state index in [2.05, 4.69) is 74.6 Å². The Morgan fingerprint density at radius 1 is 0.552 bits per heavy atom. The zero-order valence-corrected chi connectivity index (χ0v) is 39.2. The van der Waals surface area contributed by atoms with Crippen LogP contribution in [0.1, 0.15) is 187 Å². The highest BCUT2D eigenvalue weighted by Gasteiger charge is 2.26. The average molecular weight is 837 g/mol. The fraction of sp³-hybridized carbons (Fsp3) is 0.776. The lowest BCUT2D eigenvalue weighted by Gasteiger charge is -2.24. The van der Waals surface area contributed by atoms with Gasteiger partial charge in [-0.05, 0) is 51.4 Å². The third kappa shape index (κ3) is 45.3. The molecule has 58 heavy (non-hydrogen) atoms. The Kier molecular flexibility index (Phi) is 40.6. The van der Waals surface area contributed by atoms with E-state index in [-0.39, 0.29) is 32.2 Å². The zero-order valence-electron chi connectivity index (χ0n) is 38.3. The molecule has 0 aromatic heterocycles. The Bertz CT molecular complexity index is 1110. The topological polar surface area (TPSA) is 91.3 Å². The first-order chi connectivity index (χ1) is 28.1. The number of rotatable bonds is 43. The van der Waals surface area contributed by atoms with Crippen molar-refractivity contribution in [3.05, 3.63) is 60.8 Å². The van der Waals surface area contributed by atoms with Crippen LogP contribution in [0.4, 0.5) is 0 Å². The predicted octanol–water partition coefficient (Wildman–Crippen LogP) is 14.1. The van der Waals surface area contributed by atoms with Gasteiger partial charge in [-0.1, -0.05) is 190 Å².